The first kappa shape index (κ1) is 26.4. The van der Waals surface area contributed by atoms with Crippen LogP contribution in [-0.4, -0.2) is 57.9 Å². The van der Waals surface area contributed by atoms with Crippen molar-refractivity contribution in [2.45, 2.75) is 85.0 Å². The fourth-order valence-electron chi connectivity index (χ4n) is 3.38. The van der Waals surface area contributed by atoms with E-state index in [1.165, 1.54) is 62.9 Å². The predicted octanol–water partition coefficient (Wildman–Crippen LogP) is 5.93. The summed E-state index contributed by atoms with van der Waals surface area (Å²) in [6.07, 6.45) is 13.9. The third-order valence-electron chi connectivity index (χ3n) is 5.11. The fraction of sp³-hybridized carbons (Fsp3) is 0.826. The number of rotatable bonds is 18. The Bertz CT molecular complexity index is 457. The lowest BCUT2D eigenvalue weighted by Crippen LogP contribution is -2.42. The zero-order valence-corrected chi connectivity index (χ0v) is 20.6. The molecular formula is C23H42N2O2S2. The van der Waals surface area contributed by atoms with Crippen molar-refractivity contribution >= 4 is 35.3 Å². The highest BCUT2D eigenvalue weighted by Crippen LogP contribution is 2.21. The highest BCUT2D eigenvalue weighted by atomic mass is 32.2. The minimum absolute atomic E-state index is 0.113. The van der Waals surface area contributed by atoms with E-state index >= 15 is 0 Å². The molecule has 29 heavy (non-hydrogen) atoms. The maximum absolute atomic E-state index is 12.6. The van der Waals surface area contributed by atoms with Crippen molar-refractivity contribution in [2.24, 2.45) is 0 Å². The van der Waals surface area contributed by atoms with Crippen molar-refractivity contribution < 1.29 is 9.59 Å². The summed E-state index contributed by atoms with van der Waals surface area (Å²) in [5.74, 6) is 4.28. The molecule has 1 fully saturated rings. The second-order valence-electron chi connectivity index (χ2n) is 7.61. The first-order valence-corrected chi connectivity index (χ1v) is 13.9. The molecule has 0 saturated carbocycles. The second kappa shape index (κ2) is 17.1. The molecule has 0 aromatic heterocycles. The fourth-order valence-corrected chi connectivity index (χ4v) is 5.27. The summed E-state index contributed by atoms with van der Waals surface area (Å²) in [5, 5.41) is 3.39. The number of hydrogen-bond acceptors (Lipinski definition) is 4. The number of hydrazine groups is 1. The van der Waals surface area contributed by atoms with Crippen molar-refractivity contribution in [2.75, 3.05) is 36.1 Å². The molecule has 1 aliphatic rings. The molecule has 0 unspecified atom stereocenters. The summed E-state index contributed by atoms with van der Waals surface area (Å²) >= 11 is 3.94. The maximum Gasteiger partial charge on any atom is 0.277 e. The van der Waals surface area contributed by atoms with Gasteiger partial charge in [-0.1, -0.05) is 58.4 Å². The SMILES string of the molecule is CC=C1C(=O)N(CCCSCCCCCC)N(CCCSCCCCCC)C1=O. The molecule has 168 valence electrons. The van der Waals surface area contributed by atoms with Crippen LogP contribution in [0, 0.1) is 0 Å². The highest BCUT2D eigenvalue weighted by Gasteiger charge is 2.39. The van der Waals surface area contributed by atoms with Crippen LogP contribution >= 0.6 is 23.5 Å². The van der Waals surface area contributed by atoms with Crippen LogP contribution in [0.4, 0.5) is 0 Å². The Hall–Kier alpha value is -0.620. The molecule has 1 heterocycles. The lowest BCUT2D eigenvalue weighted by molar-refractivity contribution is -0.146. The van der Waals surface area contributed by atoms with Crippen LogP contribution in [0.3, 0.4) is 0 Å². The molecular weight excluding hydrogens is 400 g/mol. The summed E-state index contributed by atoms with van der Waals surface area (Å²) in [4.78, 5) is 25.2. The molecule has 0 radical (unpaired) electrons. The van der Waals surface area contributed by atoms with Gasteiger partial charge < -0.3 is 0 Å². The number of hydrogen-bond donors (Lipinski definition) is 0. The van der Waals surface area contributed by atoms with Gasteiger partial charge >= 0.3 is 0 Å². The molecule has 1 aliphatic heterocycles. The maximum atomic E-state index is 12.6. The Morgan fingerprint density at radius 1 is 0.655 bits per heavy atom. The van der Waals surface area contributed by atoms with E-state index in [1.54, 1.807) is 23.0 Å². The van der Waals surface area contributed by atoms with E-state index in [1.807, 2.05) is 23.5 Å². The Morgan fingerprint density at radius 2 is 1.07 bits per heavy atom. The lowest BCUT2D eigenvalue weighted by atomic mass is 10.2. The van der Waals surface area contributed by atoms with Gasteiger partial charge in [0.2, 0.25) is 0 Å². The number of nitrogens with zero attached hydrogens (tertiary/aromatic N) is 2. The normalized spacial score (nSPS) is 14.4. The standard InChI is InChI=1S/C23H42N2O2S2/c1-4-7-9-11-17-28-19-13-15-24-22(26)21(6-3)23(27)25(24)16-14-20-29-18-12-10-8-5-2/h6H,4-5,7-20H2,1-3H3. The van der Waals surface area contributed by atoms with Crippen LogP contribution in [0.2, 0.25) is 0 Å². The second-order valence-corrected chi connectivity index (χ2v) is 10.1. The van der Waals surface area contributed by atoms with Gasteiger partial charge in [0.25, 0.3) is 11.8 Å². The number of amides is 2. The van der Waals surface area contributed by atoms with E-state index in [0.29, 0.717) is 18.7 Å². The van der Waals surface area contributed by atoms with E-state index in [4.69, 9.17) is 0 Å². The van der Waals surface area contributed by atoms with Crippen LogP contribution in [0.1, 0.15) is 85.0 Å². The van der Waals surface area contributed by atoms with Crippen LogP contribution in [0.25, 0.3) is 0 Å². The smallest absolute Gasteiger partial charge is 0.267 e. The number of carbonyl (C=O) groups excluding carboxylic acids is 2. The van der Waals surface area contributed by atoms with Crippen LogP contribution in [0.5, 0.6) is 0 Å². The summed E-state index contributed by atoms with van der Waals surface area (Å²) in [6.45, 7) is 7.55. The third kappa shape index (κ3) is 10.3. The van der Waals surface area contributed by atoms with E-state index in [-0.39, 0.29) is 11.8 Å². The molecule has 4 nitrogen and oxygen atoms in total. The van der Waals surface area contributed by atoms with E-state index < -0.39 is 0 Å². The molecule has 0 aliphatic carbocycles. The molecule has 0 aromatic carbocycles. The average Bonchev–Trinajstić information content (AvgIpc) is 2.95. The Kier molecular flexibility index (Phi) is 15.6. The topological polar surface area (TPSA) is 40.6 Å². The molecule has 0 spiro atoms. The number of unbranched alkanes of at least 4 members (excludes halogenated alkanes) is 6. The van der Waals surface area contributed by atoms with Gasteiger partial charge in [-0.05, 0) is 55.6 Å². The van der Waals surface area contributed by atoms with Crippen LogP contribution in [0.15, 0.2) is 11.6 Å². The van der Waals surface area contributed by atoms with Crippen molar-refractivity contribution in [1.82, 2.24) is 10.0 Å². The first-order valence-electron chi connectivity index (χ1n) is 11.6. The van der Waals surface area contributed by atoms with E-state index in [9.17, 15) is 9.59 Å². The zero-order valence-electron chi connectivity index (χ0n) is 18.9. The average molecular weight is 443 g/mol. The Morgan fingerprint density at radius 3 is 1.45 bits per heavy atom. The minimum Gasteiger partial charge on any atom is -0.267 e. The zero-order chi connectivity index (χ0) is 21.3. The van der Waals surface area contributed by atoms with Gasteiger partial charge in [-0.15, -0.1) is 0 Å². The van der Waals surface area contributed by atoms with Gasteiger partial charge in [0.1, 0.15) is 5.57 Å². The largest absolute Gasteiger partial charge is 0.277 e. The van der Waals surface area contributed by atoms with Crippen LogP contribution in [-0.2, 0) is 9.59 Å². The Labute approximate surface area is 187 Å². The molecule has 1 saturated heterocycles. The monoisotopic (exact) mass is 442 g/mol. The molecule has 0 bridgehead atoms. The summed E-state index contributed by atoms with van der Waals surface area (Å²) in [6, 6.07) is 0. The number of carbonyl (C=O) groups is 2. The summed E-state index contributed by atoms with van der Waals surface area (Å²) in [7, 11) is 0. The summed E-state index contributed by atoms with van der Waals surface area (Å²) < 4.78 is 0. The van der Waals surface area contributed by atoms with Crippen molar-refractivity contribution in [3.8, 4) is 0 Å². The summed E-state index contributed by atoms with van der Waals surface area (Å²) in [5.41, 5.74) is 0.337. The molecule has 0 atom stereocenters. The van der Waals surface area contributed by atoms with Gasteiger partial charge in [-0.25, -0.2) is 10.0 Å². The van der Waals surface area contributed by atoms with E-state index in [0.717, 1.165) is 24.3 Å². The highest BCUT2D eigenvalue weighted by molar-refractivity contribution is 7.99. The van der Waals surface area contributed by atoms with Crippen molar-refractivity contribution in [1.29, 1.82) is 0 Å². The predicted molar refractivity (Wildman–Crippen MR) is 129 cm³/mol. The third-order valence-corrected chi connectivity index (χ3v) is 7.42. The molecule has 6 heteroatoms. The first-order chi connectivity index (χ1) is 14.2. The number of thioether (sulfide) groups is 2. The van der Waals surface area contributed by atoms with Gasteiger partial charge in [0, 0.05) is 13.1 Å². The van der Waals surface area contributed by atoms with E-state index in [2.05, 4.69) is 13.8 Å². The van der Waals surface area contributed by atoms with Gasteiger partial charge in [-0.3, -0.25) is 9.59 Å². The van der Waals surface area contributed by atoms with Gasteiger partial charge in [-0.2, -0.15) is 23.5 Å². The van der Waals surface area contributed by atoms with Gasteiger partial charge in [0.15, 0.2) is 0 Å². The van der Waals surface area contributed by atoms with Crippen molar-refractivity contribution in [3.63, 3.8) is 0 Å². The quantitative estimate of drug-likeness (QED) is 0.150. The van der Waals surface area contributed by atoms with Gasteiger partial charge in [0.05, 0.1) is 0 Å². The van der Waals surface area contributed by atoms with Crippen molar-refractivity contribution in [3.05, 3.63) is 11.6 Å². The molecule has 0 aromatic rings. The Balaban J connectivity index is 2.31. The number of allylic oxidation sites excluding steroid dienone is 1. The molecule has 1 rings (SSSR count). The molecule has 0 N–H and O–H groups in total. The van der Waals surface area contributed by atoms with Crippen LogP contribution < -0.4 is 0 Å². The minimum atomic E-state index is -0.113. The molecule has 2 amide bonds. The lowest BCUT2D eigenvalue weighted by Gasteiger charge is -2.27.